The fraction of sp³-hybridized carbons (Fsp3) is 0.789. The van der Waals surface area contributed by atoms with Crippen molar-refractivity contribution in [3.05, 3.63) is 15.9 Å². The van der Waals surface area contributed by atoms with Gasteiger partial charge in [-0.3, -0.25) is 4.79 Å². The molecule has 4 saturated carbocycles. The number of aromatic nitrogens is 1. The van der Waals surface area contributed by atoms with Crippen LogP contribution < -0.4 is 4.67 Å². The number of unbranched alkanes of at least 4 members (excludes halogenated alkanes) is 1. The zero-order valence-corrected chi connectivity index (χ0v) is 15.4. The first-order valence-electron chi connectivity index (χ1n) is 9.28. The van der Waals surface area contributed by atoms with Crippen molar-refractivity contribution in [2.24, 2.45) is 35.2 Å². The molecule has 0 N–H and O–H groups in total. The van der Waals surface area contributed by atoms with Crippen LogP contribution in [0, 0.1) is 30.1 Å². The second-order valence-corrected chi connectivity index (χ2v) is 9.30. The van der Waals surface area contributed by atoms with E-state index in [4.69, 9.17) is 4.99 Å². The minimum absolute atomic E-state index is 0.0773. The molecule has 4 aliphatic rings. The molecule has 1 aromatic rings. The molecule has 0 saturated heterocycles. The van der Waals surface area contributed by atoms with Gasteiger partial charge in [-0.15, -0.1) is 0 Å². The minimum Gasteiger partial charge on any atom is -0.303 e. The van der Waals surface area contributed by atoms with Gasteiger partial charge in [-0.1, -0.05) is 13.3 Å². The van der Waals surface area contributed by atoms with E-state index < -0.39 is 0 Å². The van der Waals surface area contributed by atoms with E-state index in [0.29, 0.717) is 5.92 Å². The Bertz CT molecular complexity index is 685. The summed E-state index contributed by atoms with van der Waals surface area (Å²) in [5.41, 5.74) is 2.51. The van der Waals surface area contributed by atoms with Crippen LogP contribution in [0.3, 0.4) is 0 Å². The third-order valence-corrected chi connectivity index (χ3v) is 7.85. The second-order valence-electron chi connectivity index (χ2n) is 8.18. The zero-order valence-electron chi connectivity index (χ0n) is 14.6. The Morgan fingerprint density at radius 1 is 1.30 bits per heavy atom. The van der Waals surface area contributed by atoms with Gasteiger partial charge in [-0.2, -0.15) is 0 Å². The summed E-state index contributed by atoms with van der Waals surface area (Å²) < 4.78 is 3.16. The van der Waals surface area contributed by atoms with Gasteiger partial charge in [0.15, 0.2) is 0 Å². The van der Waals surface area contributed by atoms with Crippen molar-refractivity contribution in [3.8, 4) is 0 Å². The number of carbonyl (C=O) groups excluding carboxylic acids is 1. The molecule has 1 amide bonds. The van der Waals surface area contributed by atoms with Gasteiger partial charge in [-0.05, 0) is 81.2 Å². The lowest BCUT2D eigenvalue weighted by Gasteiger charge is -2.29. The number of amides is 1. The molecule has 3 nitrogen and oxygen atoms in total. The lowest BCUT2D eigenvalue weighted by Crippen LogP contribution is -2.32. The number of nitrogens with zero attached hydrogens (tertiary/aromatic N) is 2. The molecule has 1 heterocycles. The van der Waals surface area contributed by atoms with Gasteiger partial charge in [0.25, 0.3) is 5.91 Å². The number of rotatable bonds is 4. The number of hydrogen-bond acceptors (Lipinski definition) is 2. The normalized spacial score (nSPS) is 35.4. The maximum absolute atomic E-state index is 13.2. The highest BCUT2D eigenvalue weighted by Crippen LogP contribution is 2.65. The van der Waals surface area contributed by atoms with Crippen LogP contribution in [0.1, 0.15) is 63.1 Å². The Kier molecular flexibility index (Phi) is 3.79. The SMILES string of the molecule is CCCCc1c(C)n(C)sc1=NC(=O)C12CC3CC(CC1C3)C2. The van der Waals surface area contributed by atoms with Gasteiger partial charge in [0.05, 0.1) is 5.41 Å². The summed E-state index contributed by atoms with van der Waals surface area (Å²) in [5.74, 6) is 2.47. The van der Waals surface area contributed by atoms with Crippen LogP contribution in [0.15, 0.2) is 4.99 Å². The van der Waals surface area contributed by atoms with Gasteiger partial charge < -0.3 is 3.96 Å². The molecule has 4 fully saturated rings. The van der Waals surface area contributed by atoms with Gasteiger partial charge >= 0.3 is 0 Å². The van der Waals surface area contributed by atoms with Crippen LogP contribution in [-0.4, -0.2) is 9.86 Å². The highest BCUT2D eigenvalue weighted by Gasteiger charge is 2.61. The highest BCUT2D eigenvalue weighted by atomic mass is 32.1. The van der Waals surface area contributed by atoms with Crippen molar-refractivity contribution in [1.82, 2.24) is 3.96 Å². The van der Waals surface area contributed by atoms with Gasteiger partial charge in [0, 0.05) is 18.3 Å². The first-order valence-corrected chi connectivity index (χ1v) is 10.1. The minimum atomic E-state index is -0.0773. The van der Waals surface area contributed by atoms with Gasteiger partial charge in [0.1, 0.15) is 4.67 Å². The number of hydrogen-bond donors (Lipinski definition) is 0. The lowest BCUT2D eigenvalue weighted by atomic mass is 9.75. The van der Waals surface area contributed by atoms with Crippen LogP contribution in [0.4, 0.5) is 0 Å². The average molecular weight is 333 g/mol. The standard InChI is InChI=1S/C19H28N2OS/c1-4-5-6-16-12(2)21(3)23-17(16)20-18(22)19-10-13-7-14(11-19)9-15(19)8-13/h13-15H,4-11H2,1-3H3. The fourth-order valence-corrected chi connectivity index (χ4v) is 6.67. The molecule has 4 heteroatoms. The molecule has 126 valence electrons. The second kappa shape index (κ2) is 5.58. The van der Waals surface area contributed by atoms with Crippen molar-refractivity contribution < 1.29 is 4.79 Å². The van der Waals surface area contributed by atoms with Crippen molar-refractivity contribution in [2.45, 2.75) is 65.2 Å². The first kappa shape index (κ1) is 15.6. The molecule has 5 rings (SSSR count). The Morgan fingerprint density at radius 3 is 2.65 bits per heavy atom. The maximum Gasteiger partial charge on any atom is 0.253 e. The van der Waals surface area contributed by atoms with E-state index in [9.17, 15) is 4.79 Å². The van der Waals surface area contributed by atoms with Crippen LogP contribution in [0.2, 0.25) is 0 Å². The highest BCUT2D eigenvalue weighted by molar-refractivity contribution is 7.04. The molecular weight excluding hydrogens is 304 g/mol. The summed E-state index contributed by atoms with van der Waals surface area (Å²) in [6, 6.07) is 0. The van der Waals surface area contributed by atoms with E-state index >= 15 is 0 Å². The molecule has 1 aromatic heterocycles. The Balaban J connectivity index is 1.68. The smallest absolute Gasteiger partial charge is 0.253 e. The molecule has 4 aliphatic carbocycles. The van der Waals surface area contributed by atoms with E-state index in [1.807, 2.05) is 0 Å². The van der Waals surface area contributed by atoms with E-state index in [-0.39, 0.29) is 11.3 Å². The maximum atomic E-state index is 13.2. The van der Waals surface area contributed by atoms with Crippen molar-refractivity contribution in [2.75, 3.05) is 0 Å². The van der Waals surface area contributed by atoms with Crippen molar-refractivity contribution in [3.63, 3.8) is 0 Å². The molecule has 0 spiro atoms. The Morgan fingerprint density at radius 2 is 2.00 bits per heavy atom. The predicted octanol–water partition coefficient (Wildman–Crippen LogP) is 3.99. The van der Waals surface area contributed by atoms with E-state index in [1.54, 1.807) is 11.5 Å². The van der Waals surface area contributed by atoms with Crippen LogP contribution >= 0.6 is 11.5 Å². The lowest BCUT2D eigenvalue weighted by molar-refractivity contribution is -0.129. The molecule has 2 atom stereocenters. The molecule has 0 radical (unpaired) electrons. The summed E-state index contributed by atoms with van der Waals surface area (Å²) in [6.45, 7) is 4.38. The quantitative estimate of drug-likeness (QED) is 0.821. The third-order valence-electron chi connectivity index (χ3n) is 6.79. The van der Waals surface area contributed by atoms with Crippen molar-refractivity contribution >= 4 is 17.4 Å². The summed E-state index contributed by atoms with van der Waals surface area (Å²) >= 11 is 1.65. The summed E-state index contributed by atoms with van der Waals surface area (Å²) in [5, 5.41) is 0. The molecule has 23 heavy (non-hydrogen) atoms. The third kappa shape index (κ3) is 2.36. The molecule has 4 bridgehead atoms. The predicted molar refractivity (Wildman–Crippen MR) is 93.2 cm³/mol. The Hall–Kier alpha value is -0.900. The number of aryl methyl sites for hydroxylation is 1. The number of carbonyl (C=O) groups is 1. The zero-order chi connectivity index (χ0) is 16.2. The average Bonchev–Trinajstić information content (AvgIpc) is 3.03. The molecule has 2 unspecified atom stereocenters. The van der Waals surface area contributed by atoms with Crippen LogP contribution in [0.5, 0.6) is 0 Å². The van der Waals surface area contributed by atoms with Gasteiger partial charge in [-0.25, -0.2) is 4.99 Å². The van der Waals surface area contributed by atoms with E-state index in [2.05, 4.69) is 24.9 Å². The largest absolute Gasteiger partial charge is 0.303 e. The van der Waals surface area contributed by atoms with E-state index in [0.717, 1.165) is 35.8 Å². The fourth-order valence-electron chi connectivity index (χ4n) is 5.68. The van der Waals surface area contributed by atoms with E-state index in [1.165, 1.54) is 43.4 Å². The summed E-state index contributed by atoms with van der Waals surface area (Å²) in [7, 11) is 2.08. The molecule has 0 aromatic carbocycles. The van der Waals surface area contributed by atoms with Crippen molar-refractivity contribution in [1.29, 1.82) is 0 Å². The molecular formula is C19H28N2OS. The van der Waals surface area contributed by atoms with Crippen LogP contribution in [0.25, 0.3) is 0 Å². The first-order chi connectivity index (χ1) is 11.0. The molecule has 0 aliphatic heterocycles. The van der Waals surface area contributed by atoms with Gasteiger partial charge in [0.2, 0.25) is 0 Å². The Labute approximate surface area is 143 Å². The monoisotopic (exact) mass is 332 g/mol. The topological polar surface area (TPSA) is 34.4 Å². The summed E-state index contributed by atoms with van der Waals surface area (Å²) in [6.07, 6.45) is 9.60. The summed E-state index contributed by atoms with van der Waals surface area (Å²) in [4.78, 5) is 17.9. The van der Waals surface area contributed by atoms with Crippen LogP contribution in [-0.2, 0) is 18.3 Å².